The zero-order valence-electron chi connectivity index (χ0n) is 12.4. The van der Waals surface area contributed by atoms with Crippen LogP contribution in [0.15, 0.2) is 34.4 Å². The van der Waals surface area contributed by atoms with E-state index < -0.39 is 0 Å². The van der Waals surface area contributed by atoms with Crippen molar-refractivity contribution >= 4 is 51.2 Å². The second-order valence-electron chi connectivity index (χ2n) is 5.07. The second-order valence-corrected chi connectivity index (χ2v) is 7.24. The van der Waals surface area contributed by atoms with Gasteiger partial charge >= 0.3 is 0 Å². The lowest BCUT2D eigenvalue weighted by molar-refractivity contribution is 0.174. The minimum Gasteiger partial charge on any atom is -0.454 e. The Balaban J connectivity index is 1.80. The molecule has 0 radical (unpaired) electrons. The molecule has 7 nitrogen and oxygen atoms in total. The van der Waals surface area contributed by atoms with E-state index in [4.69, 9.17) is 15.2 Å². The van der Waals surface area contributed by atoms with Crippen molar-refractivity contribution in [2.45, 2.75) is 16.6 Å². The number of pyridine rings is 1. The minimum absolute atomic E-state index is 0.0134. The van der Waals surface area contributed by atoms with Crippen molar-refractivity contribution in [1.29, 1.82) is 0 Å². The Labute approximate surface area is 155 Å². The van der Waals surface area contributed by atoms with E-state index in [1.54, 1.807) is 6.20 Å². The third kappa shape index (κ3) is 2.66. The van der Waals surface area contributed by atoms with Crippen molar-refractivity contribution in [2.75, 3.05) is 19.1 Å². The number of aliphatic hydroxyl groups is 1. The van der Waals surface area contributed by atoms with Crippen molar-refractivity contribution in [3.05, 3.63) is 28.0 Å². The van der Waals surface area contributed by atoms with Crippen LogP contribution in [0, 0.1) is 3.57 Å². The number of aromatic nitrogens is 3. The van der Waals surface area contributed by atoms with Crippen LogP contribution < -0.4 is 15.2 Å². The van der Waals surface area contributed by atoms with Crippen LogP contribution in [-0.4, -0.2) is 33.0 Å². The van der Waals surface area contributed by atoms with E-state index in [0.29, 0.717) is 17.9 Å². The number of rotatable bonds is 4. The molecule has 0 fully saturated rings. The average Bonchev–Trinajstić information content (AvgIpc) is 3.14. The molecule has 1 aromatic carbocycles. The number of nitrogens with two attached hydrogens (primary N) is 1. The van der Waals surface area contributed by atoms with E-state index in [-0.39, 0.29) is 13.4 Å². The van der Waals surface area contributed by atoms with Crippen molar-refractivity contribution in [1.82, 2.24) is 14.5 Å². The maximum absolute atomic E-state index is 9.40. The van der Waals surface area contributed by atoms with Gasteiger partial charge in [-0.15, -0.1) is 0 Å². The highest BCUT2D eigenvalue weighted by atomic mass is 127. The van der Waals surface area contributed by atoms with Crippen LogP contribution in [0.3, 0.4) is 0 Å². The van der Waals surface area contributed by atoms with Gasteiger partial charge in [-0.1, -0.05) is 11.8 Å². The largest absolute Gasteiger partial charge is 0.454 e. The average molecular weight is 456 g/mol. The van der Waals surface area contributed by atoms with Crippen molar-refractivity contribution in [3.63, 3.8) is 0 Å². The fourth-order valence-electron chi connectivity index (χ4n) is 2.52. The first kappa shape index (κ1) is 15.8. The molecule has 1 aliphatic rings. The van der Waals surface area contributed by atoms with E-state index in [2.05, 4.69) is 32.6 Å². The topological polar surface area (TPSA) is 95.4 Å². The molecule has 0 saturated heterocycles. The zero-order valence-corrected chi connectivity index (χ0v) is 15.4. The molecular formula is C15H13IN4O3S. The van der Waals surface area contributed by atoms with E-state index in [1.807, 2.05) is 22.8 Å². The van der Waals surface area contributed by atoms with Crippen LogP contribution in [0.1, 0.15) is 0 Å². The van der Waals surface area contributed by atoms with Gasteiger partial charge in [0.15, 0.2) is 22.5 Å². The van der Waals surface area contributed by atoms with E-state index >= 15 is 0 Å². The molecule has 124 valence electrons. The lowest BCUT2D eigenvalue weighted by Crippen LogP contribution is -2.03. The molecule has 4 rings (SSSR count). The number of aliphatic hydroxyl groups excluding tert-OH is 1. The Hall–Kier alpha value is -1.72. The first-order valence-electron chi connectivity index (χ1n) is 7.16. The van der Waals surface area contributed by atoms with Crippen LogP contribution in [-0.2, 0) is 6.54 Å². The third-order valence-corrected chi connectivity index (χ3v) is 5.92. The number of hydrogen-bond donors (Lipinski definition) is 2. The van der Waals surface area contributed by atoms with Gasteiger partial charge in [0.05, 0.1) is 12.1 Å². The lowest BCUT2D eigenvalue weighted by atomic mass is 10.3. The number of hydrogen-bond acceptors (Lipinski definition) is 7. The zero-order chi connectivity index (χ0) is 16.7. The summed E-state index contributed by atoms with van der Waals surface area (Å²) in [6, 6.07) is 5.74. The Kier molecular flexibility index (Phi) is 4.14. The van der Waals surface area contributed by atoms with Crippen molar-refractivity contribution < 1.29 is 14.6 Å². The molecule has 0 bridgehead atoms. The highest BCUT2D eigenvalue weighted by Gasteiger charge is 2.20. The Morgan fingerprint density at radius 1 is 1.33 bits per heavy atom. The van der Waals surface area contributed by atoms with Gasteiger partial charge in [-0.2, -0.15) is 0 Å². The quantitative estimate of drug-likeness (QED) is 0.583. The summed E-state index contributed by atoms with van der Waals surface area (Å²) in [5.74, 6) is 1.86. The van der Waals surface area contributed by atoms with Gasteiger partial charge in [0.2, 0.25) is 6.79 Å². The molecule has 1 aliphatic heterocycles. The molecule has 0 saturated carbocycles. The fourth-order valence-corrected chi connectivity index (χ4v) is 4.24. The summed E-state index contributed by atoms with van der Waals surface area (Å²) in [5.41, 5.74) is 7.43. The smallest absolute Gasteiger partial charge is 0.231 e. The first-order chi connectivity index (χ1) is 11.7. The second kappa shape index (κ2) is 6.30. The van der Waals surface area contributed by atoms with Crippen LogP contribution in [0.2, 0.25) is 0 Å². The Morgan fingerprint density at radius 3 is 2.92 bits per heavy atom. The molecule has 3 aromatic rings. The van der Waals surface area contributed by atoms with Gasteiger partial charge in [0.25, 0.3) is 0 Å². The summed E-state index contributed by atoms with van der Waals surface area (Å²) in [7, 11) is 0. The van der Waals surface area contributed by atoms with Gasteiger partial charge in [0.1, 0.15) is 5.52 Å². The summed E-state index contributed by atoms with van der Waals surface area (Å²) in [6.45, 7) is 0.688. The molecule has 24 heavy (non-hydrogen) atoms. The Morgan fingerprint density at radius 2 is 2.12 bits per heavy atom. The maximum atomic E-state index is 9.40. The monoisotopic (exact) mass is 456 g/mol. The van der Waals surface area contributed by atoms with Gasteiger partial charge in [-0.3, -0.25) is 0 Å². The third-order valence-electron chi connectivity index (χ3n) is 3.61. The summed E-state index contributed by atoms with van der Waals surface area (Å²) >= 11 is 3.75. The fraction of sp³-hybridized carbons (Fsp3) is 0.200. The molecule has 3 N–H and O–H groups in total. The molecule has 2 aromatic heterocycles. The standard InChI is InChI=1S/C15H13IN4O3S/c16-8-5-10-11(23-7-22-10)6-12(8)24-15-19-13-9(20(15)3-4-21)1-2-18-14(13)17/h1-2,5-6,21H,3-4,7H2,(H2,17,18). The van der Waals surface area contributed by atoms with Gasteiger partial charge in [0, 0.05) is 21.2 Å². The van der Waals surface area contributed by atoms with Crippen molar-refractivity contribution in [3.8, 4) is 11.5 Å². The summed E-state index contributed by atoms with van der Waals surface area (Å²) in [4.78, 5) is 9.70. The first-order valence-corrected chi connectivity index (χ1v) is 9.05. The van der Waals surface area contributed by atoms with Crippen LogP contribution >= 0.6 is 34.4 Å². The van der Waals surface area contributed by atoms with Crippen molar-refractivity contribution in [2.24, 2.45) is 0 Å². The molecule has 0 amide bonds. The van der Waals surface area contributed by atoms with E-state index in [0.717, 1.165) is 30.6 Å². The van der Waals surface area contributed by atoms with Gasteiger partial charge in [-0.25, -0.2) is 9.97 Å². The molecule has 0 atom stereocenters. The van der Waals surface area contributed by atoms with Gasteiger partial charge in [-0.05, 0) is 40.8 Å². The molecule has 0 unspecified atom stereocenters. The van der Waals surface area contributed by atoms with Crippen LogP contribution in [0.5, 0.6) is 11.5 Å². The number of fused-ring (bicyclic) bond motifs is 2. The van der Waals surface area contributed by atoms with E-state index in [9.17, 15) is 5.11 Å². The molecule has 9 heteroatoms. The summed E-state index contributed by atoms with van der Waals surface area (Å²) < 4.78 is 13.8. The Bertz CT molecular complexity index is 931. The lowest BCUT2D eigenvalue weighted by Gasteiger charge is -2.09. The number of benzene rings is 1. The minimum atomic E-state index is 0.0134. The summed E-state index contributed by atoms with van der Waals surface area (Å²) in [5, 5.41) is 10.1. The molecule has 0 spiro atoms. The predicted octanol–water partition coefficient (Wildman–Crippen LogP) is 2.49. The van der Waals surface area contributed by atoms with E-state index in [1.165, 1.54) is 11.8 Å². The number of nitrogen functional groups attached to an aromatic ring is 1. The number of nitrogens with zero attached hydrogens (tertiary/aromatic N) is 3. The highest BCUT2D eigenvalue weighted by molar-refractivity contribution is 14.1. The predicted molar refractivity (Wildman–Crippen MR) is 98.4 cm³/mol. The molecule has 0 aliphatic carbocycles. The van der Waals surface area contributed by atoms with Gasteiger partial charge < -0.3 is 24.9 Å². The SMILES string of the molecule is Nc1nccc2c1nc(Sc1cc3c(cc1I)OCO3)n2CCO. The highest BCUT2D eigenvalue weighted by Crippen LogP contribution is 2.41. The molecular weight excluding hydrogens is 443 g/mol. The maximum Gasteiger partial charge on any atom is 0.231 e. The number of ether oxygens (including phenoxy) is 2. The summed E-state index contributed by atoms with van der Waals surface area (Å²) in [6.07, 6.45) is 1.64. The van der Waals surface area contributed by atoms with Crippen LogP contribution in [0.25, 0.3) is 11.0 Å². The number of imidazole rings is 1. The van der Waals surface area contributed by atoms with Crippen LogP contribution in [0.4, 0.5) is 5.82 Å². The number of anilines is 1. The number of halogens is 1. The molecule has 3 heterocycles. The normalized spacial score (nSPS) is 12.9.